The Morgan fingerprint density at radius 1 is 1.56 bits per heavy atom. The van der Waals surface area contributed by atoms with Gasteiger partial charge < -0.3 is 10.5 Å². The zero-order valence-corrected chi connectivity index (χ0v) is 12.0. The van der Waals surface area contributed by atoms with Crippen LogP contribution in [0.2, 0.25) is 0 Å². The first-order chi connectivity index (χ1) is 8.54. The Labute approximate surface area is 112 Å². The summed E-state index contributed by atoms with van der Waals surface area (Å²) in [6.45, 7) is 3.82. The zero-order chi connectivity index (χ0) is 13.2. The normalized spacial score (nSPS) is 22.9. The summed E-state index contributed by atoms with van der Waals surface area (Å²) in [5.41, 5.74) is 5.51. The lowest BCUT2D eigenvalue weighted by molar-refractivity contribution is 0.0752. The molecule has 18 heavy (non-hydrogen) atoms. The molecular formula is C11H18N2O3S2. The first-order valence-electron chi connectivity index (χ1n) is 5.94. The highest BCUT2D eigenvalue weighted by molar-refractivity contribution is 7.91. The zero-order valence-electron chi connectivity index (χ0n) is 10.3. The summed E-state index contributed by atoms with van der Waals surface area (Å²) in [7, 11) is -3.39. The van der Waals surface area contributed by atoms with Gasteiger partial charge in [0.2, 0.25) is 0 Å². The van der Waals surface area contributed by atoms with Crippen LogP contribution in [-0.2, 0) is 21.3 Å². The van der Waals surface area contributed by atoms with Crippen molar-refractivity contribution in [3.05, 3.63) is 17.0 Å². The number of rotatable bonds is 3. The van der Waals surface area contributed by atoms with Crippen LogP contribution in [0.3, 0.4) is 0 Å². The third kappa shape index (κ3) is 2.92. The van der Waals surface area contributed by atoms with E-state index in [2.05, 4.69) is 0 Å². The van der Waals surface area contributed by atoms with Crippen LogP contribution in [0.25, 0.3) is 0 Å². The molecule has 2 rings (SSSR count). The van der Waals surface area contributed by atoms with E-state index in [4.69, 9.17) is 10.5 Å². The predicted molar refractivity (Wildman–Crippen MR) is 71.0 cm³/mol. The van der Waals surface area contributed by atoms with Gasteiger partial charge in [0, 0.05) is 31.1 Å². The summed E-state index contributed by atoms with van der Waals surface area (Å²) >= 11 is 1.25. The molecule has 0 radical (unpaired) electrons. The smallest absolute Gasteiger partial charge is 0.252 e. The molecule has 0 aromatic carbocycles. The van der Waals surface area contributed by atoms with Crippen LogP contribution in [0.4, 0.5) is 0 Å². The molecule has 0 saturated carbocycles. The van der Waals surface area contributed by atoms with Crippen LogP contribution in [0.1, 0.15) is 18.2 Å². The van der Waals surface area contributed by atoms with Crippen LogP contribution in [-0.4, -0.2) is 38.5 Å². The molecule has 1 aromatic rings. The maximum atomic E-state index is 12.5. The fraction of sp³-hybridized carbons (Fsp3) is 0.636. The lowest BCUT2D eigenvalue weighted by Gasteiger charge is -2.20. The van der Waals surface area contributed by atoms with Crippen LogP contribution < -0.4 is 5.73 Å². The Morgan fingerprint density at radius 2 is 2.33 bits per heavy atom. The van der Waals surface area contributed by atoms with E-state index in [1.54, 1.807) is 12.1 Å². The first kappa shape index (κ1) is 14.0. The monoisotopic (exact) mass is 290 g/mol. The summed E-state index contributed by atoms with van der Waals surface area (Å²) in [5, 5.41) is 0. The highest BCUT2D eigenvalue weighted by atomic mass is 32.2. The molecule has 7 heteroatoms. The largest absolute Gasteiger partial charge is 0.377 e. The number of nitrogens with two attached hydrogens (primary N) is 1. The highest BCUT2D eigenvalue weighted by Crippen LogP contribution is 2.25. The summed E-state index contributed by atoms with van der Waals surface area (Å²) in [4.78, 5) is 0.882. The molecule has 2 heterocycles. The molecule has 0 bridgehead atoms. The van der Waals surface area contributed by atoms with Crippen molar-refractivity contribution >= 4 is 21.4 Å². The van der Waals surface area contributed by atoms with Gasteiger partial charge in [-0.15, -0.1) is 11.3 Å². The fourth-order valence-corrected chi connectivity index (χ4v) is 4.85. The van der Waals surface area contributed by atoms with Crippen molar-refractivity contribution < 1.29 is 13.2 Å². The molecule has 1 aliphatic rings. The van der Waals surface area contributed by atoms with Crippen molar-refractivity contribution in [2.24, 2.45) is 5.73 Å². The summed E-state index contributed by atoms with van der Waals surface area (Å²) < 4.78 is 32.3. The lowest BCUT2D eigenvalue weighted by atomic mass is 10.4. The molecular weight excluding hydrogens is 272 g/mol. The second-order valence-electron chi connectivity index (χ2n) is 4.32. The van der Waals surface area contributed by atoms with Gasteiger partial charge in [-0.25, -0.2) is 8.42 Å². The quantitative estimate of drug-likeness (QED) is 0.901. The molecule has 0 aliphatic carbocycles. The van der Waals surface area contributed by atoms with Gasteiger partial charge in [0.15, 0.2) is 0 Å². The van der Waals surface area contributed by atoms with Crippen molar-refractivity contribution in [1.29, 1.82) is 0 Å². The van der Waals surface area contributed by atoms with Gasteiger partial charge in [-0.2, -0.15) is 4.31 Å². The van der Waals surface area contributed by atoms with E-state index >= 15 is 0 Å². The van der Waals surface area contributed by atoms with Crippen LogP contribution >= 0.6 is 11.3 Å². The number of thiophene rings is 1. The number of ether oxygens (including phenoxy) is 1. The summed E-state index contributed by atoms with van der Waals surface area (Å²) in [6.07, 6.45) is 0.676. The predicted octanol–water partition coefficient (Wildman–Crippen LogP) is 1.01. The maximum Gasteiger partial charge on any atom is 0.252 e. The topological polar surface area (TPSA) is 72.6 Å². The van der Waals surface area contributed by atoms with Gasteiger partial charge in [-0.1, -0.05) is 0 Å². The van der Waals surface area contributed by atoms with Gasteiger partial charge in [0.1, 0.15) is 4.21 Å². The molecule has 1 aliphatic heterocycles. The molecule has 0 amide bonds. The highest BCUT2D eigenvalue weighted by Gasteiger charge is 2.28. The average Bonchev–Trinajstić information content (AvgIpc) is 2.72. The van der Waals surface area contributed by atoms with E-state index in [9.17, 15) is 8.42 Å². The number of hydrogen-bond acceptors (Lipinski definition) is 5. The number of nitrogens with zero attached hydrogens (tertiary/aromatic N) is 1. The second-order valence-corrected chi connectivity index (χ2v) is 7.66. The molecule has 1 atom stereocenters. The van der Waals surface area contributed by atoms with Gasteiger partial charge in [0.05, 0.1) is 6.10 Å². The first-order valence-corrected chi connectivity index (χ1v) is 8.20. The Bertz CT molecular complexity index is 498. The molecule has 102 valence electrons. The Morgan fingerprint density at radius 3 is 3.00 bits per heavy atom. The average molecular weight is 290 g/mol. The van der Waals surface area contributed by atoms with Crippen molar-refractivity contribution in [2.75, 3.05) is 19.7 Å². The van der Waals surface area contributed by atoms with Crippen molar-refractivity contribution in [1.82, 2.24) is 4.31 Å². The van der Waals surface area contributed by atoms with Gasteiger partial charge in [-0.3, -0.25) is 0 Å². The van der Waals surface area contributed by atoms with Crippen molar-refractivity contribution in [3.8, 4) is 0 Å². The minimum absolute atomic E-state index is 0.0591. The molecule has 1 fully saturated rings. The minimum atomic E-state index is -3.39. The van der Waals surface area contributed by atoms with Crippen molar-refractivity contribution in [3.63, 3.8) is 0 Å². The fourth-order valence-electron chi connectivity index (χ4n) is 1.91. The summed E-state index contributed by atoms with van der Waals surface area (Å²) in [6, 6.07) is 3.41. The van der Waals surface area contributed by atoms with Gasteiger partial charge >= 0.3 is 0 Å². The molecule has 1 aromatic heterocycles. The third-order valence-electron chi connectivity index (χ3n) is 2.85. The van der Waals surface area contributed by atoms with E-state index in [-0.39, 0.29) is 6.10 Å². The van der Waals surface area contributed by atoms with Crippen LogP contribution in [0.5, 0.6) is 0 Å². The molecule has 5 nitrogen and oxygen atoms in total. The van der Waals surface area contributed by atoms with E-state index in [1.165, 1.54) is 15.6 Å². The number of hydrogen-bond donors (Lipinski definition) is 1. The minimum Gasteiger partial charge on any atom is -0.377 e. The van der Waals surface area contributed by atoms with Crippen molar-refractivity contribution in [2.45, 2.75) is 30.2 Å². The van der Waals surface area contributed by atoms with Crippen LogP contribution in [0, 0.1) is 0 Å². The Kier molecular flexibility index (Phi) is 4.39. The maximum absolute atomic E-state index is 12.5. The van der Waals surface area contributed by atoms with Gasteiger partial charge in [0.25, 0.3) is 10.0 Å². The van der Waals surface area contributed by atoms with E-state index in [0.717, 1.165) is 11.3 Å². The van der Waals surface area contributed by atoms with Crippen LogP contribution in [0.15, 0.2) is 16.3 Å². The molecule has 1 saturated heterocycles. The molecule has 2 N–H and O–H groups in total. The molecule has 1 unspecified atom stereocenters. The number of sulfonamides is 1. The third-order valence-corrected chi connectivity index (χ3v) is 6.29. The van der Waals surface area contributed by atoms with E-state index in [0.29, 0.717) is 30.5 Å². The van der Waals surface area contributed by atoms with E-state index in [1.807, 2.05) is 6.92 Å². The van der Waals surface area contributed by atoms with E-state index < -0.39 is 10.0 Å². The summed E-state index contributed by atoms with van der Waals surface area (Å²) in [5.74, 6) is 0. The molecule has 0 spiro atoms. The SMILES string of the molecule is CC1CN(S(=O)(=O)c2ccc(CN)s2)CCCO1. The van der Waals surface area contributed by atoms with Gasteiger partial charge in [-0.05, 0) is 25.5 Å². The standard InChI is InChI=1S/C11H18N2O3S2/c1-9-8-13(5-2-6-16-9)18(14,15)11-4-3-10(7-12)17-11/h3-4,9H,2,5-8,12H2,1H3. The lowest BCUT2D eigenvalue weighted by Crippen LogP contribution is -2.35. The Hall–Kier alpha value is -0.470. The Balaban J connectivity index is 2.23. The second kappa shape index (κ2) is 5.66.